The molecule has 3 nitrogen and oxygen atoms in total. The van der Waals surface area contributed by atoms with Crippen molar-refractivity contribution in [2.75, 3.05) is 18.0 Å². The summed E-state index contributed by atoms with van der Waals surface area (Å²) in [6, 6.07) is 12.5. The van der Waals surface area contributed by atoms with Gasteiger partial charge in [0.05, 0.1) is 6.20 Å². The van der Waals surface area contributed by atoms with Gasteiger partial charge in [-0.2, -0.15) is 0 Å². The second-order valence-electron chi connectivity index (χ2n) is 5.11. The van der Waals surface area contributed by atoms with Gasteiger partial charge in [0.2, 0.25) is 5.95 Å². The van der Waals surface area contributed by atoms with Gasteiger partial charge < -0.3 is 4.90 Å². The predicted octanol–water partition coefficient (Wildman–Crippen LogP) is 2.74. The van der Waals surface area contributed by atoms with E-state index in [1.54, 1.807) is 12.3 Å². The van der Waals surface area contributed by atoms with E-state index in [9.17, 15) is 0 Å². The highest BCUT2D eigenvalue weighted by Gasteiger charge is 2.20. The average Bonchev–Trinajstić information content (AvgIpc) is 2.50. The summed E-state index contributed by atoms with van der Waals surface area (Å²) in [6.45, 7) is 2.10. The number of nitrogens with zero attached hydrogens (tertiary/aromatic N) is 3. The lowest BCUT2D eigenvalue weighted by Gasteiger charge is -2.31. The van der Waals surface area contributed by atoms with E-state index < -0.39 is 0 Å². The molecule has 1 aliphatic rings. The lowest BCUT2D eigenvalue weighted by Crippen LogP contribution is -2.35. The quantitative estimate of drug-likeness (QED) is 0.841. The van der Waals surface area contributed by atoms with E-state index in [-0.39, 0.29) is 0 Å². The average molecular weight is 252 g/mol. The van der Waals surface area contributed by atoms with Gasteiger partial charge in [0, 0.05) is 19.3 Å². The molecule has 1 saturated heterocycles. The highest BCUT2D eigenvalue weighted by Crippen LogP contribution is 2.23. The molecule has 0 aliphatic carbocycles. The van der Waals surface area contributed by atoms with Crippen molar-refractivity contribution in [3.8, 4) is 0 Å². The van der Waals surface area contributed by atoms with Crippen molar-refractivity contribution in [2.45, 2.75) is 19.3 Å². The smallest absolute Gasteiger partial charge is 0.225 e. The molecule has 1 aromatic heterocycles. The van der Waals surface area contributed by atoms with Gasteiger partial charge in [-0.15, -0.1) is 0 Å². The molecule has 0 bridgehead atoms. The number of hydrogen-bond acceptors (Lipinski definition) is 3. The van der Waals surface area contributed by atoms with Gasteiger partial charge in [-0.1, -0.05) is 30.3 Å². The molecule has 2 heterocycles. The zero-order valence-corrected chi connectivity index (χ0v) is 11.0. The minimum atomic E-state index is 0.784. The van der Waals surface area contributed by atoms with E-state index in [2.05, 4.69) is 51.4 Å². The van der Waals surface area contributed by atoms with Gasteiger partial charge >= 0.3 is 0 Å². The number of aromatic nitrogens is 2. The van der Waals surface area contributed by atoms with Crippen molar-refractivity contribution >= 4 is 5.95 Å². The van der Waals surface area contributed by atoms with E-state index in [1.807, 2.05) is 0 Å². The molecule has 3 heteroatoms. The van der Waals surface area contributed by atoms with Crippen LogP contribution in [0.5, 0.6) is 0 Å². The fourth-order valence-electron chi connectivity index (χ4n) is 2.70. The number of benzene rings is 1. The molecule has 2 aromatic rings. The van der Waals surface area contributed by atoms with Gasteiger partial charge in [-0.3, -0.25) is 0 Å². The van der Waals surface area contributed by atoms with Crippen molar-refractivity contribution in [1.82, 2.24) is 9.97 Å². The van der Waals surface area contributed by atoms with Crippen molar-refractivity contribution in [3.63, 3.8) is 0 Å². The Morgan fingerprint density at radius 2 is 1.95 bits per heavy atom. The van der Waals surface area contributed by atoms with Crippen molar-refractivity contribution in [3.05, 3.63) is 54.4 Å². The van der Waals surface area contributed by atoms with Crippen LogP contribution in [-0.4, -0.2) is 23.1 Å². The van der Waals surface area contributed by atoms with E-state index in [4.69, 9.17) is 0 Å². The van der Waals surface area contributed by atoms with Crippen LogP contribution in [-0.2, 0) is 6.42 Å². The molecule has 1 aliphatic heterocycles. The van der Waals surface area contributed by atoms with Crippen LogP contribution in [0.1, 0.15) is 18.4 Å². The Hall–Kier alpha value is -1.90. The molecule has 97 valence electrons. The van der Waals surface area contributed by atoms with Crippen LogP contribution in [0.15, 0.2) is 42.6 Å². The molecule has 0 saturated carbocycles. The first kappa shape index (κ1) is 12.2. The monoisotopic (exact) mass is 252 g/mol. The maximum atomic E-state index is 4.30. The minimum absolute atomic E-state index is 0.784. The standard InChI is InChI=1S/C16H18N3/c1-2-5-14(6-3-1)13-15-7-11-19(12-8-15)16-17-9-4-10-18-16/h1-6,9,15H,7-8,11-13H2. The summed E-state index contributed by atoms with van der Waals surface area (Å²) in [5.41, 5.74) is 1.45. The van der Waals surface area contributed by atoms with E-state index in [0.717, 1.165) is 25.0 Å². The van der Waals surface area contributed by atoms with Crippen molar-refractivity contribution in [2.24, 2.45) is 5.92 Å². The molecule has 19 heavy (non-hydrogen) atoms. The van der Waals surface area contributed by atoms with Crippen LogP contribution in [0.3, 0.4) is 0 Å². The Kier molecular flexibility index (Phi) is 3.73. The molecular formula is C16H18N3. The first-order valence-corrected chi connectivity index (χ1v) is 6.90. The first-order chi connectivity index (χ1) is 9.42. The maximum absolute atomic E-state index is 4.30. The minimum Gasteiger partial charge on any atom is -0.341 e. The molecule has 0 spiro atoms. The summed E-state index contributed by atoms with van der Waals surface area (Å²) in [5, 5.41) is 0. The fraction of sp³-hybridized carbons (Fsp3) is 0.375. The van der Waals surface area contributed by atoms with Gasteiger partial charge in [-0.05, 0) is 36.8 Å². The topological polar surface area (TPSA) is 29.0 Å². The zero-order chi connectivity index (χ0) is 12.9. The van der Waals surface area contributed by atoms with Gasteiger partial charge in [0.15, 0.2) is 0 Å². The number of piperidine rings is 1. The van der Waals surface area contributed by atoms with E-state index >= 15 is 0 Å². The van der Waals surface area contributed by atoms with Crippen molar-refractivity contribution in [1.29, 1.82) is 0 Å². The summed E-state index contributed by atoms with van der Waals surface area (Å²) in [6.07, 6.45) is 8.24. The SMILES string of the molecule is [c]1ccnc(N2CCC(Cc3ccccc3)CC2)n1. The van der Waals surface area contributed by atoms with Gasteiger partial charge in [-0.25, -0.2) is 9.97 Å². The summed E-state index contributed by atoms with van der Waals surface area (Å²) in [5.74, 6) is 1.60. The largest absolute Gasteiger partial charge is 0.341 e. The third kappa shape index (κ3) is 3.11. The van der Waals surface area contributed by atoms with Gasteiger partial charge in [0.1, 0.15) is 0 Å². The molecule has 0 atom stereocenters. The summed E-state index contributed by atoms with van der Waals surface area (Å²) >= 11 is 0. The second-order valence-corrected chi connectivity index (χ2v) is 5.11. The summed E-state index contributed by atoms with van der Waals surface area (Å²) < 4.78 is 0. The lowest BCUT2D eigenvalue weighted by molar-refractivity contribution is 0.400. The van der Waals surface area contributed by atoms with Crippen LogP contribution < -0.4 is 4.90 Å². The Morgan fingerprint density at radius 3 is 2.63 bits per heavy atom. The van der Waals surface area contributed by atoms with Crippen LogP contribution in [0, 0.1) is 12.1 Å². The molecule has 1 radical (unpaired) electrons. The highest BCUT2D eigenvalue weighted by molar-refractivity contribution is 5.28. The first-order valence-electron chi connectivity index (χ1n) is 6.90. The summed E-state index contributed by atoms with van der Waals surface area (Å²) in [7, 11) is 0. The molecule has 0 N–H and O–H groups in total. The summed E-state index contributed by atoms with van der Waals surface area (Å²) in [4.78, 5) is 10.8. The van der Waals surface area contributed by atoms with Crippen LogP contribution in [0.2, 0.25) is 0 Å². The third-order valence-corrected chi connectivity index (χ3v) is 3.77. The fourth-order valence-corrected chi connectivity index (χ4v) is 2.70. The number of hydrogen-bond donors (Lipinski definition) is 0. The molecule has 0 amide bonds. The highest BCUT2D eigenvalue weighted by atomic mass is 15.2. The predicted molar refractivity (Wildman–Crippen MR) is 76.0 cm³/mol. The molecule has 3 rings (SSSR count). The van der Waals surface area contributed by atoms with Gasteiger partial charge in [0.25, 0.3) is 0 Å². The van der Waals surface area contributed by atoms with E-state index in [1.165, 1.54) is 24.8 Å². The Bertz CT molecular complexity index is 490. The Balaban J connectivity index is 1.55. The molecular weight excluding hydrogens is 234 g/mol. The Morgan fingerprint density at radius 1 is 1.16 bits per heavy atom. The third-order valence-electron chi connectivity index (χ3n) is 3.77. The normalized spacial score (nSPS) is 16.5. The molecule has 0 unspecified atom stereocenters. The number of anilines is 1. The lowest BCUT2D eigenvalue weighted by atomic mass is 9.90. The van der Waals surface area contributed by atoms with Crippen LogP contribution in [0.25, 0.3) is 0 Å². The zero-order valence-electron chi connectivity index (χ0n) is 11.0. The van der Waals surface area contributed by atoms with E-state index in [0.29, 0.717) is 0 Å². The van der Waals surface area contributed by atoms with Crippen LogP contribution in [0.4, 0.5) is 5.95 Å². The molecule has 1 aromatic carbocycles. The molecule has 1 fully saturated rings. The van der Waals surface area contributed by atoms with Crippen molar-refractivity contribution < 1.29 is 0 Å². The maximum Gasteiger partial charge on any atom is 0.225 e. The van der Waals surface area contributed by atoms with Crippen LogP contribution >= 0.6 is 0 Å². The second kappa shape index (κ2) is 5.83. The Labute approximate surface area is 114 Å². The number of rotatable bonds is 3.